The lowest BCUT2D eigenvalue weighted by molar-refractivity contribution is 0.0692. The zero-order valence-electron chi connectivity index (χ0n) is 10.6. The maximum Gasteiger partial charge on any atom is 0.336 e. The van der Waals surface area contributed by atoms with E-state index in [9.17, 15) is 19.5 Å². The number of carbonyl (C=O) groups excluding carboxylic acids is 2. The van der Waals surface area contributed by atoms with Crippen molar-refractivity contribution >= 4 is 23.5 Å². The molecule has 0 atom stereocenters. The number of phenols is 1. The monoisotopic (exact) mass is 283 g/mol. The molecule has 0 aromatic heterocycles. The van der Waals surface area contributed by atoms with Gasteiger partial charge in [-0.15, -0.1) is 0 Å². The third-order valence-corrected chi connectivity index (χ3v) is 3.27. The lowest BCUT2D eigenvalue weighted by atomic mass is 10.0. The number of amides is 2. The predicted molar refractivity (Wildman–Crippen MR) is 72.6 cm³/mol. The number of aromatic hydroxyl groups is 1. The lowest BCUT2D eigenvalue weighted by Crippen LogP contribution is -2.29. The standard InChI is InChI=1S/C15H9NO5/c17-11-7-2-1-6-10(11)16-13(18)8-4-3-5-9(15(20)21)12(8)14(16)19/h1-7,17H,(H,20,21). The van der Waals surface area contributed by atoms with Crippen LogP contribution in [0.4, 0.5) is 5.69 Å². The van der Waals surface area contributed by atoms with Gasteiger partial charge in [0.15, 0.2) is 0 Å². The van der Waals surface area contributed by atoms with Crippen molar-refractivity contribution in [2.24, 2.45) is 0 Å². The van der Waals surface area contributed by atoms with E-state index in [4.69, 9.17) is 5.11 Å². The van der Waals surface area contributed by atoms with Crippen LogP contribution in [0.3, 0.4) is 0 Å². The fraction of sp³-hybridized carbons (Fsp3) is 0. The van der Waals surface area contributed by atoms with Gasteiger partial charge in [0.05, 0.1) is 22.4 Å². The summed E-state index contributed by atoms with van der Waals surface area (Å²) in [6.45, 7) is 0. The Morgan fingerprint density at radius 2 is 1.67 bits per heavy atom. The van der Waals surface area contributed by atoms with Crippen molar-refractivity contribution < 1.29 is 24.6 Å². The van der Waals surface area contributed by atoms with Gasteiger partial charge in [-0.1, -0.05) is 18.2 Å². The molecular formula is C15H9NO5. The zero-order chi connectivity index (χ0) is 15.1. The summed E-state index contributed by atoms with van der Waals surface area (Å²) in [5.74, 6) is -2.93. The van der Waals surface area contributed by atoms with Crippen molar-refractivity contribution in [3.63, 3.8) is 0 Å². The minimum Gasteiger partial charge on any atom is -0.506 e. The highest BCUT2D eigenvalue weighted by atomic mass is 16.4. The summed E-state index contributed by atoms with van der Waals surface area (Å²) in [7, 11) is 0. The molecule has 1 aliphatic heterocycles. The highest BCUT2D eigenvalue weighted by Crippen LogP contribution is 2.35. The first-order valence-corrected chi connectivity index (χ1v) is 6.05. The number of fused-ring (bicyclic) bond motifs is 1. The summed E-state index contributed by atoms with van der Waals surface area (Å²) in [6.07, 6.45) is 0. The molecule has 3 rings (SSSR count). The Kier molecular flexibility index (Phi) is 2.72. The van der Waals surface area contributed by atoms with Crippen molar-refractivity contribution in [3.05, 3.63) is 59.2 Å². The topological polar surface area (TPSA) is 94.9 Å². The number of carboxylic acid groups (broad SMARTS) is 1. The molecule has 104 valence electrons. The Balaban J connectivity index is 2.21. The summed E-state index contributed by atoms with van der Waals surface area (Å²) in [6, 6.07) is 9.94. The van der Waals surface area contributed by atoms with Gasteiger partial charge in [-0.05, 0) is 24.3 Å². The highest BCUT2D eigenvalue weighted by Gasteiger charge is 2.40. The van der Waals surface area contributed by atoms with Crippen LogP contribution in [-0.2, 0) is 0 Å². The first kappa shape index (κ1) is 12.9. The highest BCUT2D eigenvalue weighted by molar-refractivity contribution is 6.36. The SMILES string of the molecule is O=C(O)c1cccc2c1C(=O)N(c1ccccc1O)C2=O. The molecule has 1 heterocycles. The van der Waals surface area contributed by atoms with E-state index in [-0.39, 0.29) is 28.1 Å². The second-order valence-corrected chi connectivity index (χ2v) is 4.47. The molecular weight excluding hydrogens is 274 g/mol. The number of nitrogens with zero attached hydrogens (tertiary/aromatic N) is 1. The Hall–Kier alpha value is -3.15. The number of benzene rings is 2. The second-order valence-electron chi connectivity index (χ2n) is 4.47. The average molecular weight is 283 g/mol. The molecule has 0 bridgehead atoms. The molecule has 0 fully saturated rings. The molecule has 0 spiro atoms. The number of carboxylic acids is 1. The molecule has 2 N–H and O–H groups in total. The summed E-state index contributed by atoms with van der Waals surface area (Å²) in [5, 5.41) is 18.9. The molecule has 2 aromatic carbocycles. The van der Waals surface area contributed by atoms with E-state index in [0.29, 0.717) is 0 Å². The fourth-order valence-corrected chi connectivity index (χ4v) is 2.34. The molecule has 1 aliphatic rings. The predicted octanol–water partition coefficient (Wildman–Crippen LogP) is 1.89. The van der Waals surface area contributed by atoms with Crippen LogP contribution in [-0.4, -0.2) is 28.0 Å². The summed E-state index contributed by atoms with van der Waals surface area (Å²) in [5.41, 5.74) is -0.342. The Morgan fingerprint density at radius 3 is 2.33 bits per heavy atom. The molecule has 0 radical (unpaired) electrons. The van der Waals surface area contributed by atoms with Gasteiger partial charge in [-0.25, -0.2) is 9.69 Å². The van der Waals surface area contributed by atoms with Crippen LogP contribution >= 0.6 is 0 Å². The maximum absolute atomic E-state index is 12.4. The van der Waals surface area contributed by atoms with Crippen molar-refractivity contribution in [1.82, 2.24) is 0 Å². The Labute approximate surface area is 118 Å². The fourth-order valence-electron chi connectivity index (χ4n) is 2.34. The molecule has 6 heteroatoms. The maximum atomic E-state index is 12.4. The van der Waals surface area contributed by atoms with Gasteiger partial charge >= 0.3 is 5.97 Å². The molecule has 0 aliphatic carbocycles. The Bertz CT molecular complexity index is 796. The smallest absolute Gasteiger partial charge is 0.336 e. The minimum absolute atomic E-state index is 0.0168. The van der Waals surface area contributed by atoms with Gasteiger partial charge in [-0.3, -0.25) is 9.59 Å². The van der Waals surface area contributed by atoms with E-state index in [2.05, 4.69) is 0 Å². The number of rotatable bonds is 2. The first-order valence-electron chi connectivity index (χ1n) is 6.05. The summed E-state index contributed by atoms with van der Waals surface area (Å²) < 4.78 is 0. The third kappa shape index (κ3) is 1.77. The van der Waals surface area contributed by atoms with E-state index < -0.39 is 17.8 Å². The van der Waals surface area contributed by atoms with E-state index in [1.807, 2.05) is 0 Å². The van der Waals surface area contributed by atoms with Crippen LogP contribution in [0.2, 0.25) is 0 Å². The molecule has 2 aromatic rings. The number of carbonyl (C=O) groups is 3. The molecule has 0 unspecified atom stereocenters. The number of hydrogen-bond acceptors (Lipinski definition) is 4. The van der Waals surface area contributed by atoms with E-state index in [0.717, 1.165) is 4.90 Å². The largest absolute Gasteiger partial charge is 0.506 e. The van der Waals surface area contributed by atoms with E-state index >= 15 is 0 Å². The van der Waals surface area contributed by atoms with Gasteiger partial charge in [0.2, 0.25) is 0 Å². The van der Waals surface area contributed by atoms with Crippen LogP contribution in [0.25, 0.3) is 0 Å². The normalized spacial score (nSPS) is 13.4. The van der Waals surface area contributed by atoms with Crippen LogP contribution in [0.1, 0.15) is 31.1 Å². The summed E-state index contributed by atoms with van der Waals surface area (Å²) in [4.78, 5) is 36.7. The van der Waals surface area contributed by atoms with Crippen molar-refractivity contribution in [2.75, 3.05) is 4.90 Å². The second kappa shape index (κ2) is 4.45. The number of hydrogen-bond donors (Lipinski definition) is 2. The van der Waals surface area contributed by atoms with Gasteiger partial charge in [0, 0.05) is 0 Å². The number of aromatic carboxylic acids is 1. The van der Waals surface area contributed by atoms with Gasteiger partial charge < -0.3 is 10.2 Å². The van der Waals surface area contributed by atoms with E-state index in [1.165, 1.54) is 30.3 Å². The molecule has 21 heavy (non-hydrogen) atoms. The van der Waals surface area contributed by atoms with Crippen LogP contribution in [0.15, 0.2) is 42.5 Å². The average Bonchev–Trinajstić information content (AvgIpc) is 2.72. The first-order chi connectivity index (χ1) is 10.0. The minimum atomic E-state index is -1.29. The van der Waals surface area contributed by atoms with Crippen LogP contribution < -0.4 is 4.90 Å². The number of anilines is 1. The van der Waals surface area contributed by atoms with Crippen LogP contribution in [0.5, 0.6) is 5.75 Å². The van der Waals surface area contributed by atoms with Crippen LogP contribution in [0, 0.1) is 0 Å². The quantitative estimate of drug-likeness (QED) is 0.821. The Morgan fingerprint density at radius 1 is 0.952 bits per heavy atom. The van der Waals surface area contributed by atoms with Gasteiger partial charge in [0.1, 0.15) is 5.75 Å². The molecule has 0 saturated heterocycles. The zero-order valence-corrected chi connectivity index (χ0v) is 10.6. The summed E-state index contributed by atoms with van der Waals surface area (Å²) >= 11 is 0. The molecule has 2 amide bonds. The number of para-hydroxylation sites is 2. The van der Waals surface area contributed by atoms with Gasteiger partial charge in [0.25, 0.3) is 11.8 Å². The number of imide groups is 1. The molecule has 0 saturated carbocycles. The number of phenolic OH excluding ortho intramolecular Hbond substituents is 1. The lowest BCUT2D eigenvalue weighted by Gasteiger charge is -2.15. The van der Waals surface area contributed by atoms with Crippen molar-refractivity contribution in [2.45, 2.75) is 0 Å². The van der Waals surface area contributed by atoms with Crippen molar-refractivity contribution in [1.29, 1.82) is 0 Å². The van der Waals surface area contributed by atoms with Gasteiger partial charge in [-0.2, -0.15) is 0 Å². The molecule has 6 nitrogen and oxygen atoms in total. The van der Waals surface area contributed by atoms with Crippen molar-refractivity contribution in [3.8, 4) is 5.75 Å². The third-order valence-electron chi connectivity index (χ3n) is 3.27. The van der Waals surface area contributed by atoms with E-state index in [1.54, 1.807) is 12.1 Å².